The Kier molecular flexibility index (Phi) is 5.80. The molecule has 1 aliphatic rings. The van der Waals surface area contributed by atoms with Gasteiger partial charge in [-0.3, -0.25) is 4.79 Å². The minimum absolute atomic E-state index is 0.0748. The molecule has 0 bridgehead atoms. The molecular formula is C19H17ClFN3OS. The number of carbonyl (C=O) groups excluding carboxylic acids is 1. The molecule has 1 heterocycles. The zero-order chi connectivity index (χ0) is 18.7. The molecule has 4 nitrogen and oxygen atoms in total. The van der Waals surface area contributed by atoms with E-state index in [2.05, 4.69) is 16.4 Å². The first-order chi connectivity index (χ1) is 12.5. The number of aromatic nitrogens is 1. The summed E-state index contributed by atoms with van der Waals surface area (Å²) in [5.41, 5.74) is 2.69. The number of aryl methyl sites for hydroxylation is 2. The van der Waals surface area contributed by atoms with Crippen molar-refractivity contribution in [1.29, 1.82) is 5.26 Å². The lowest BCUT2D eigenvalue weighted by Crippen LogP contribution is -2.23. The maximum absolute atomic E-state index is 13.8. The van der Waals surface area contributed by atoms with E-state index in [9.17, 15) is 14.4 Å². The van der Waals surface area contributed by atoms with Gasteiger partial charge < -0.3 is 5.32 Å². The molecule has 0 aliphatic heterocycles. The molecule has 7 heteroatoms. The number of thioether (sulfide) groups is 1. The number of nitriles is 1. The predicted octanol–water partition coefficient (Wildman–Crippen LogP) is 4.74. The van der Waals surface area contributed by atoms with E-state index in [1.807, 2.05) is 6.07 Å². The summed E-state index contributed by atoms with van der Waals surface area (Å²) in [7, 11) is 0. The molecule has 0 saturated carbocycles. The number of benzene rings is 1. The van der Waals surface area contributed by atoms with Crippen LogP contribution in [0.1, 0.15) is 36.6 Å². The lowest BCUT2D eigenvalue weighted by Gasteiger charge is -2.18. The fraction of sp³-hybridized carbons (Fsp3) is 0.316. The van der Waals surface area contributed by atoms with Gasteiger partial charge in [0.2, 0.25) is 5.91 Å². The number of hydrogen-bond donors (Lipinski definition) is 1. The molecule has 1 aromatic heterocycles. The number of anilines is 1. The summed E-state index contributed by atoms with van der Waals surface area (Å²) in [5.74, 6) is -0.952. The SMILES string of the molecule is CC(Sc1nc2c(cc1C#N)CCCC2)C(=O)Nc1ccc(Cl)cc1F. The van der Waals surface area contributed by atoms with Gasteiger partial charge in [-0.15, -0.1) is 0 Å². The van der Waals surface area contributed by atoms with Crippen molar-refractivity contribution in [3.63, 3.8) is 0 Å². The fourth-order valence-electron chi connectivity index (χ4n) is 2.83. The molecule has 2 aromatic rings. The number of pyridine rings is 1. The first-order valence-corrected chi connectivity index (χ1v) is 9.59. The fourth-order valence-corrected chi connectivity index (χ4v) is 3.88. The topological polar surface area (TPSA) is 65.8 Å². The number of nitrogens with one attached hydrogen (secondary N) is 1. The van der Waals surface area contributed by atoms with Crippen molar-refractivity contribution in [3.8, 4) is 6.07 Å². The van der Waals surface area contributed by atoms with Crippen LogP contribution in [0, 0.1) is 17.1 Å². The standard InChI is InChI=1S/C19H17ClFN3OS/c1-11(18(25)23-17-7-6-14(20)9-15(17)21)26-19-13(10-22)8-12-4-2-3-5-16(12)24-19/h6-9,11H,2-5H2,1H3,(H,23,25). The molecule has 0 saturated heterocycles. The molecule has 3 rings (SSSR count). The van der Waals surface area contributed by atoms with E-state index in [4.69, 9.17) is 11.6 Å². The molecule has 1 unspecified atom stereocenters. The highest BCUT2D eigenvalue weighted by Gasteiger charge is 2.21. The van der Waals surface area contributed by atoms with Gasteiger partial charge in [0.1, 0.15) is 16.9 Å². The second-order valence-electron chi connectivity index (χ2n) is 6.14. The van der Waals surface area contributed by atoms with Crippen LogP contribution in [0.25, 0.3) is 0 Å². The number of hydrogen-bond acceptors (Lipinski definition) is 4. The van der Waals surface area contributed by atoms with E-state index in [-0.39, 0.29) is 16.6 Å². The van der Waals surface area contributed by atoms with Crippen molar-refractivity contribution < 1.29 is 9.18 Å². The number of halogens is 2. The third-order valence-electron chi connectivity index (χ3n) is 4.23. The number of carbonyl (C=O) groups is 1. The van der Waals surface area contributed by atoms with E-state index in [0.29, 0.717) is 10.6 Å². The van der Waals surface area contributed by atoms with E-state index >= 15 is 0 Å². The van der Waals surface area contributed by atoms with Crippen LogP contribution in [-0.4, -0.2) is 16.1 Å². The predicted molar refractivity (Wildman–Crippen MR) is 101 cm³/mol. The van der Waals surface area contributed by atoms with Crippen molar-refractivity contribution in [3.05, 3.63) is 51.9 Å². The Balaban J connectivity index is 1.75. The van der Waals surface area contributed by atoms with E-state index in [0.717, 1.165) is 43.0 Å². The maximum atomic E-state index is 13.8. The Hall–Kier alpha value is -2.10. The summed E-state index contributed by atoms with van der Waals surface area (Å²) < 4.78 is 13.8. The van der Waals surface area contributed by atoms with Gasteiger partial charge in [0.05, 0.1) is 16.5 Å². The van der Waals surface area contributed by atoms with Gasteiger partial charge in [0.25, 0.3) is 0 Å². The second kappa shape index (κ2) is 8.07. The van der Waals surface area contributed by atoms with Crippen LogP contribution in [0.2, 0.25) is 5.02 Å². The number of fused-ring (bicyclic) bond motifs is 1. The van der Waals surface area contributed by atoms with Crippen molar-refractivity contribution in [2.45, 2.75) is 42.9 Å². The van der Waals surface area contributed by atoms with E-state index < -0.39 is 11.1 Å². The minimum atomic E-state index is -0.590. The molecule has 1 N–H and O–H groups in total. The van der Waals surface area contributed by atoms with Crippen LogP contribution >= 0.6 is 23.4 Å². The van der Waals surface area contributed by atoms with Crippen LogP contribution in [0.15, 0.2) is 29.3 Å². The van der Waals surface area contributed by atoms with Gasteiger partial charge in [0.15, 0.2) is 0 Å². The Bertz CT molecular complexity index is 897. The van der Waals surface area contributed by atoms with Crippen molar-refractivity contribution in [2.24, 2.45) is 0 Å². The molecule has 1 atom stereocenters. The number of rotatable bonds is 4. The second-order valence-corrected chi connectivity index (χ2v) is 7.91. The summed E-state index contributed by atoms with van der Waals surface area (Å²) in [6.45, 7) is 1.70. The molecule has 1 aliphatic carbocycles. The Morgan fingerprint density at radius 1 is 1.38 bits per heavy atom. The normalized spacial score (nSPS) is 14.2. The van der Waals surface area contributed by atoms with Gasteiger partial charge in [0, 0.05) is 10.7 Å². The maximum Gasteiger partial charge on any atom is 0.237 e. The molecule has 1 aromatic carbocycles. The van der Waals surface area contributed by atoms with Gasteiger partial charge in [-0.25, -0.2) is 9.37 Å². The summed E-state index contributed by atoms with van der Waals surface area (Å²) in [6, 6.07) is 8.13. The number of nitrogens with zero attached hydrogens (tertiary/aromatic N) is 2. The molecule has 0 spiro atoms. The quantitative estimate of drug-likeness (QED) is 0.766. The van der Waals surface area contributed by atoms with Crippen LogP contribution in [0.4, 0.5) is 10.1 Å². The Morgan fingerprint density at radius 3 is 2.88 bits per heavy atom. The summed E-state index contributed by atoms with van der Waals surface area (Å²) in [6.07, 6.45) is 4.03. The van der Waals surface area contributed by atoms with E-state index in [1.165, 1.54) is 23.9 Å². The van der Waals surface area contributed by atoms with Crippen LogP contribution in [0.3, 0.4) is 0 Å². The van der Waals surface area contributed by atoms with Crippen molar-refractivity contribution in [2.75, 3.05) is 5.32 Å². The Labute approximate surface area is 160 Å². The first-order valence-electron chi connectivity index (χ1n) is 8.33. The zero-order valence-corrected chi connectivity index (χ0v) is 15.8. The average molecular weight is 390 g/mol. The third-order valence-corrected chi connectivity index (χ3v) is 5.57. The highest BCUT2D eigenvalue weighted by atomic mass is 35.5. The molecular weight excluding hydrogens is 373 g/mol. The zero-order valence-electron chi connectivity index (χ0n) is 14.2. The van der Waals surface area contributed by atoms with Crippen molar-refractivity contribution >= 4 is 35.0 Å². The van der Waals surface area contributed by atoms with Gasteiger partial charge >= 0.3 is 0 Å². The van der Waals surface area contributed by atoms with Gasteiger partial charge in [-0.1, -0.05) is 23.4 Å². The van der Waals surface area contributed by atoms with Crippen molar-refractivity contribution in [1.82, 2.24) is 4.98 Å². The van der Waals surface area contributed by atoms with Crippen LogP contribution in [0.5, 0.6) is 0 Å². The lowest BCUT2D eigenvalue weighted by atomic mass is 9.95. The highest BCUT2D eigenvalue weighted by Crippen LogP contribution is 2.30. The Morgan fingerprint density at radius 2 is 2.15 bits per heavy atom. The highest BCUT2D eigenvalue weighted by molar-refractivity contribution is 8.00. The smallest absolute Gasteiger partial charge is 0.237 e. The molecule has 0 radical (unpaired) electrons. The molecule has 134 valence electrons. The summed E-state index contributed by atoms with van der Waals surface area (Å²) in [5, 5.41) is 12.2. The van der Waals surface area contributed by atoms with Gasteiger partial charge in [-0.2, -0.15) is 5.26 Å². The first kappa shape index (κ1) is 18.7. The summed E-state index contributed by atoms with van der Waals surface area (Å²) >= 11 is 6.93. The molecule has 26 heavy (non-hydrogen) atoms. The molecule has 0 fully saturated rings. The van der Waals surface area contributed by atoms with Crippen LogP contribution < -0.4 is 5.32 Å². The van der Waals surface area contributed by atoms with Gasteiger partial charge in [-0.05, 0) is 62.4 Å². The van der Waals surface area contributed by atoms with Crippen LogP contribution in [-0.2, 0) is 17.6 Å². The summed E-state index contributed by atoms with van der Waals surface area (Å²) in [4.78, 5) is 17.0. The average Bonchev–Trinajstić information content (AvgIpc) is 2.63. The lowest BCUT2D eigenvalue weighted by molar-refractivity contribution is -0.115. The largest absolute Gasteiger partial charge is 0.323 e. The third kappa shape index (κ3) is 4.17. The monoisotopic (exact) mass is 389 g/mol. The number of amides is 1. The minimum Gasteiger partial charge on any atom is -0.323 e. The van der Waals surface area contributed by atoms with E-state index in [1.54, 1.807) is 6.92 Å². The molecule has 1 amide bonds.